The Hall–Kier alpha value is -2.28. The quantitative estimate of drug-likeness (QED) is 0.570. The fourth-order valence-corrected chi connectivity index (χ4v) is 2.61. The summed E-state index contributed by atoms with van der Waals surface area (Å²) in [6, 6.07) is 4.52. The first-order valence-corrected chi connectivity index (χ1v) is 6.82. The third kappa shape index (κ3) is 2.92. The van der Waals surface area contributed by atoms with E-state index in [1.807, 2.05) is 13.8 Å². The summed E-state index contributed by atoms with van der Waals surface area (Å²) in [5.74, 6) is -1.87. The van der Waals surface area contributed by atoms with Gasteiger partial charge in [-0.1, -0.05) is 26.1 Å². The van der Waals surface area contributed by atoms with Gasteiger partial charge in [-0.15, -0.1) is 0 Å². The van der Waals surface area contributed by atoms with Gasteiger partial charge >= 0.3 is 0 Å². The number of benzene rings is 1. The summed E-state index contributed by atoms with van der Waals surface area (Å²) in [6.45, 7) is 3.69. The minimum atomic E-state index is -0.594. The molecule has 0 aliphatic carbocycles. The van der Waals surface area contributed by atoms with Gasteiger partial charge in [-0.25, -0.2) is 0 Å². The molecule has 0 spiro atoms. The topological polar surface area (TPSA) is 101 Å². The van der Waals surface area contributed by atoms with E-state index >= 15 is 0 Å². The Balaban J connectivity index is 2.23. The lowest BCUT2D eigenvalue weighted by Gasteiger charge is -2.19. The Kier molecular flexibility index (Phi) is 4.04. The first-order valence-electron chi connectivity index (χ1n) is 6.41. The van der Waals surface area contributed by atoms with E-state index < -0.39 is 17.7 Å². The number of carbonyl (C=O) groups is 3. The molecule has 0 radical (unpaired) electrons. The van der Waals surface area contributed by atoms with Crippen molar-refractivity contribution in [1.82, 2.24) is 5.32 Å². The van der Waals surface area contributed by atoms with Crippen LogP contribution in [-0.4, -0.2) is 22.7 Å². The van der Waals surface area contributed by atoms with Crippen molar-refractivity contribution < 1.29 is 14.4 Å². The average molecular weight is 305 g/mol. The number of thiocarbonyl (C=S) groups is 1. The highest BCUT2D eigenvalue weighted by molar-refractivity contribution is 7.80. The van der Waals surface area contributed by atoms with Crippen LogP contribution >= 0.6 is 12.2 Å². The number of carbonyl (C=O) groups excluding carboxylic acids is 3. The molecule has 0 saturated carbocycles. The lowest BCUT2D eigenvalue weighted by molar-refractivity contribution is -0.118. The Morgan fingerprint density at radius 3 is 2.43 bits per heavy atom. The predicted molar refractivity (Wildman–Crippen MR) is 82.0 cm³/mol. The molecule has 1 atom stereocenters. The van der Waals surface area contributed by atoms with E-state index in [4.69, 9.17) is 18.0 Å². The van der Waals surface area contributed by atoms with Crippen molar-refractivity contribution in [2.75, 3.05) is 5.32 Å². The first-order chi connectivity index (χ1) is 9.81. The second-order valence-corrected chi connectivity index (χ2v) is 5.63. The highest BCUT2D eigenvalue weighted by Gasteiger charge is 2.28. The molecule has 0 fully saturated rings. The van der Waals surface area contributed by atoms with Crippen molar-refractivity contribution in [2.45, 2.75) is 13.8 Å². The van der Waals surface area contributed by atoms with Crippen LogP contribution in [0.1, 0.15) is 34.6 Å². The highest BCUT2D eigenvalue weighted by atomic mass is 32.1. The molecule has 0 bridgehead atoms. The molecule has 6 nitrogen and oxygen atoms in total. The SMILES string of the molecule is CC(C)C(C(=O)Nc1ccc2c(c1)C(=O)NC2=O)C(N)=S. The second-order valence-electron chi connectivity index (χ2n) is 5.16. The minimum Gasteiger partial charge on any atom is -0.393 e. The van der Waals surface area contributed by atoms with Crippen LogP contribution in [0.5, 0.6) is 0 Å². The average Bonchev–Trinajstić information content (AvgIpc) is 2.63. The number of nitrogens with one attached hydrogen (secondary N) is 2. The monoisotopic (exact) mass is 305 g/mol. The third-order valence-corrected chi connectivity index (χ3v) is 3.51. The van der Waals surface area contributed by atoms with Crippen LogP contribution in [0.3, 0.4) is 0 Å². The van der Waals surface area contributed by atoms with Crippen molar-refractivity contribution in [3.63, 3.8) is 0 Å². The van der Waals surface area contributed by atoms with E-state index in [0.717, 1.165) is 0 Å². The Bertz CT molecular complexity index is 655. The van der Waals surface area contributed by atoms with E-state index in [1.165, 1.54) is 12.1 Å². The Labute approximate surface area is 127 Å². The van der Waals surface area contributed by atoms with Gasteiger partial charge in [-0.05, 0) is 24.1 Å². The van der Waals surface area contributed by atoms with Crippen LogP contribution in [0.4, 0.5) is 5.69 Å². The maximum absolute atomic E-state index is 12.2. The van der Waals surface area contributed by atoms with Crippen LogP contribution in [0.15, 0.2) is 18.2 Å². The molecule has 2 rings (SSSR count). The van der Waals surface area contributed by atoms with Crippen LogP contribution < -0.4 is 16.4 Å². The number of imide groups is 1. The van der Waals surface area contributed by atoms with Crippen molar-refractivity contribution in [3.8, 4) is 0 Å². The van der Waals surface area contributed by atoms with Crippen LogP contribution in [-0.2, 0) is 4.79 Å². The molecule has 0 aromatic heterocycles. The molecule has 21 heavy (non-hydrogen) atoms. The van der Waals surface area contributed by atoms with Crippen molar-refractivity contribution in [3.05, 3.63) is 29.3 Å². The van der Waals surface area contributed by atoms with Gasteiger partial charge in [0.25, 0.3) is 11.8 Å². The number of rotatable bonds is 4. The van der Waals surface area contributed by atoms with E-state index in [1.54, 1.807) is 6.07 Å². The molecular formula is C14H15N3O3S. The van der Waals surface area contributed by atoms with E-state index in [0.29, 0.717) is 11.3 Å². The standard InChI is InChI=1S/C14H15N3O3S/c1-6(2)10(11(15)21)14(20)16-7-3-4-8-9(5-7)13(19)17-12(8)18/h3-6,10H,1-2H3,(H2,15,21)(H,16,20)(H,17,18,19). The zero-order valence-corrected chi connectivity index (χ0v) is 12.4. The number of hydrogen-bond acceptors (Lipinski definition) is 4. The summed E-state index contributed by atoms with van der Waals surface area (Å²) in [5.41, 5.74) is 6.55. The third-order valence-electron chi connectivity index (χ3n) is 3.26. The normalized spacial score (nSPS) is 14.6. The van der Waals surface area contributed by atoms with E-state index in [-0.39, 0.29) is 22.4 Å². The largest absolute Gasteiger partial charge is 0.393 e. The smallest absolute Gasteiger partial charge is 0.259 e. The molecule has 1 aromatic carbocycles. The zero-order valence-electron chi connectivity index (χ0n) is 11.6. The fraction of sp³-hybridized carbons (Fsp3) is 0.286. The second kappa shape index (κ2) is 5.61. The fourth-order valence-electron chi connectivity index (χ4n) is 2.23. The molecular weight excluding hydrogens is 290 g/mol. The number of fused-ring (bicyclic) bond motifs is 1. The molecule has 1 heterocycles. The van der Waals surface area contributed by atoms with Crippen LogP contribution in [0, 0.1) is 11.8 Å². The molecule has 3 amide bonds. The molecule has 110 valence electrons. The van der Waals surface area contributed by atoms with Gasteiger partial charge < -0.3 is 11.1 Å². The molecule has 7 heteroatoms. The Morgan fingerprint density at radius 2 is 1.86 bits per heavy atom. The number of nitrogens with two attached hydrogens (primary N) is 1. The van der Waals surface area contributed by atoms with Crippen LogP contribution in [0.25, 0.3) is 0 Å². The minimum absolute atomic E-state index is 0.0400. The number of hydrogen-bond donors (Lipinski definition) is 3. The molecule has 1 aliphatic heterocycles. The Morgan fingerprint density at radius 1 is 1.24 bits per heavy atom. The molecule has 0 saturated heterocycles. The van der Waals surface area contributed by atoms with Gasteiger partial charge in [0.05, 0.1) is 22.0 Å². The first kappa shape index (κ1) is 15.1. The molecule has 4 N–H and O–H groups in total. The van der Waals surface area contributed by atoms with E-state index in [9.17, 15) is 14.4 Å². The molecule has 1 aromatic rings. The van der Waals surface area contributed by atoms with Crippen LogP contribution in [0.2, 0.25) is 0 Å². The molecule has 1 aliphatic rings. The number of amides is 3. The predicted octanol–water partition coefficient (Wildman–Crippen LogP) is 1.07. The summed E-state index contributed by atoms with van der Waals surface area (Å²) < 4.78 is 0. The van der Waals surface area contributed by atoms with Gasteiger partial charge in [-0.2, -0.15) is 0 Å². The lowest BCUT2D eigenvalue weighted by atomic mass is 9.95. The van der Waals surface area contributed by atoms with Gasteiger partial charge in [0.1, 0.15) is 0 Å². The number of anilines is 1. The summed E-state index contributed by atoms with van der Waals surface area (Å²) in [6.07, 6.45) is 0. The maximum Gasteiger partial charge on any atom is 0.259 e. The van der Waals surface area contributed by atoms with Gasteiger partial charge in [0.15, 0.2) is 0 Å². The van der Waals surface area contributed by atoms with Crippen molar-refractivity contribution >= 4 is 40.6 Å². The summed E-state index contributed by atoms with van der Waals surface area (Å²) in [4.78, 5) is 35.3. The zero-order chi connectivity index (χ0) is 15.7. The molecule has 1 unspecified atom stereocenters. The van der Waals surface area contributed by atoms with E-state index in [2.05, 4.69) is 10.6 Å². The lowest BCUT2D eigenvalue weighted by Crippen LogP contribution is -2.36. The summed E-state index contributed by atoms with van der Waals surface area (Å²) >= 11 is 4.91. The van der Waals surface area contributed by atoms with Crippen molar-refractivity contribution in [1.29, 1.82) is 0 Å². The summed E-state index contributed by atoms with van der Waals surface area (Å²) in [7, 11) is 0. The van der Waals surface area contributed by atoms with Gasteiger partial charge in [0.2, 0.25) is 5.91 Å². The van der Waals surface area contributed by atoms with Crippen molar-refractivity contribution in [2.24, 2.45) is 17.6 Å². The maximum atomic E-state index is 12.2. The van der Waals surface area contributed by atoms with Gasteiger partial charge in [-0.3, -0.25) is 19.7 Å². The van der Waals surface area contributed by atoms with Gasteiger partial charge in [0, 0.05) is 5.69 Å². The summed E-state index contributed by atoms with van der Waals surface area (Å²) in [5, 5.41) is 4.86. The highest BCUT2D eigenvalue weighted by Crippen LogP contribution is 2.21.